The predicted molar refractivity (Wildman–Crippen MR) is 102 cm³/mol. The topological polar surface area (TPSA) is 128 Å². The fourth-order valence-corrected chi connectivity index (χ4v) is 2.64. The second-order valence-corrected chi connectivity index (χ2v) is 7.47. The standard InChI is InChI=1S/C17H15ClN4O5S/c1-17(2,3)27-15(23)11-7-10(6-5-9(11)8-19)26-14-12(22(24)25)13(18)20-16(21-14)28-4/h5-7H,1-4H3. The Morgan fingerprint density at radius 1 is 1.36 bits per heavy atom. The van der Waals surface area contributed by atoms with Crippen LogP contribution < -0.4 is 4.74 Å². The lowest BCUT2D eigenvalue weighted by Crippen LogP contribution is -2.24. The second-order valence-electron chi connectivity index (χ2n) is 6.34. The first-order valence-electron chi connectivity index (χ1n) is 7.77. The van der Waals surface area contributed by atoms with E-state index in [0.29, 0.717) is 0 Å². The molecular formula is C17H15ClN4O5S. The summed E-state index contributed by atoms with van der Waals surface area (Å²) < 4.78 is 10.8. The zero-order chi connectivity index (χ0) is 21.1. The number of nitrogens with zero attached hydrogens (tertiary/aromatic N) is 4. The third-order valence-corrected chi connectivity index (χ3v) is 3.91. The van der Waals surface area contributed by atoms with Crippen molar-refractivity contribution in [2.45, 2.75) is 31.5 Å². The highest BCUT2D eigenvalue weighted by molar-refractivity contribution is 7.98. The average molecular weight is 423 g/mol. The molecule has 1 aromatic carbocycles. The zero-order valence-corrected chi connectivity index (χ0v) is 16.9. The number of nitro groups is 1. The van der Waals surface area contributed by atoms with Gasteiger partial charge in [0.2, 0.25) is 5.15 Å². The number of nitriles is 1. The van der Waals surface area contributed by atoms with E-state index >= 15 is 0 Å². The number of hydrogen-bond acceptors (Lipinski definition) is 9. The Morgan fingerprint density at radius 3 is 2.57 bits per heavy atom. The third kappa shape index (κ3) is 5.09. The number of rotatable bonds is 5. The van der Waals surface area contributed by atoms with Crippen LogP contribution in [-0.2, 0) is 4.74 Å². The smallest absolute Gasteiger partial charge is 0.368 e. The molecule has 0 atom stereocenters. The van der Waals surface area contributed by atoms with Crippen LogP contribution in [0.2, 0.25) is 5.15 Å². The summed E-state index contributed by atoms with van der Waals surface area (Å²) in [5.41, 5.74) is -1.35. The van der Waals surface area contributed by atoms with E-state index in [4.69, 9.17) is 21.1 Å². The molecule has 0 radical (unpaired) electrons. The van der Waals surface area contributed by atoms with Crippen molar-refractivity contribution in [3.63, 3.8) is 0 Å². The van der Waals surface area contributed by atoms with Gasteiger partial charge in [0.25, 0.3) is 0 Å². The van der Waals surface area contributed by atoms with E-state index in [0.717, 1.165) is 11.8 Å². The highest BCUT2D eigenvalue weighted by Crippen LogP contribution is 2.36. The molecule has 11 heteroatoms. The van der Waals surface area contributed by atoms with Gasteiger partial charge in [0.15, 0.2) is 5.16 Å². The van der Waals surface area contributed by atoms with Gasteiger partial charge in [-0.15, -0.1) is 0 Å². The van der Waals surface area contributed by atoms with Crippen molar-refractivity contribution in [2.24, 2.45) is 0 Å². The predicted octanol–water partition coefficient (Wildman–Crippen LogP) is 4.38. The third-order valence-electron chi connectivity index (χ3n) is 3.10. The molecule has 28 heavy (non-hydrogen) atoms. The number of benzene rings is 1. The van der Waals surface area contributed by atoms with Gasteiger partial charge < -0.3 is 9.47 Å². The molecule has 9 nitrogen and oxygen atoms in total. The minimum atomic E-state index is -0.771. The van der Waals surface area contributed by atoms with Crippen LogP contribution in [0.5, 0.6) is 11.6 Å². The average Bonchev–Trinajstić information content (AvgIpc) is 2.59. The first-order chi connectivity index (χ1) is 13.1. The van der Waals surface area contributed by atoms with E-state index in [1.807, 2.05) is 6.07 Å². The number of thioether (sulfide) groups is 1. The van der Waals surface area contributed by atoms with Gasteiger partial charge in [0.05, 0.1) is 16.1 Å². The SMILES string of the molecule is CSc1nc(Cl)c([N+](=O)[O-])c(Oc2ccc(C#N)c(C(=O)OC(C)(C)C)c2)n1. The summed E-state index contributed by atoms with van der Waals surface area (Å²) in [7, 11) is 0. The molecular weight excluding hydrogens is 408 g/mol. The van der Waals surface area contributed by atoms with E-state index in [2.05, 4.69) is 9.97 Å². The Labute approximate surface area is 169 Å². The second kappa shape index (κ2) is 8.41. The Morgan fingerprint density at radius 2 is 2.04 bits per heavy atom. The zero-order valence-electron chi connectivity index (χ0n) is 15.3. The summed E-state index contributed by atoms with van der Waals surface area (Å²) in [5.74, 6) is -1.06. The summed E-state index contributed by atoms with van der Waals surface area (Å²) in [4.78, 5) is 30.7. The summed E-state index contributed by atoms with van der Waals surface area (Å²) in [6.07, 6.45) is 1.67. The van der Waals surface area contributed by atoms with Gasteiger partial charge in [-0.2, -0.15) is 10.2 Å². The van der Waals surface area contributed by atoms with Crippen molar-refractivity contribution < 1.29 is 19.2 Å². The van der Waals surface area contributed by atoms with E-state index in [1.165, 1.54) is 18.2 Å². The molecule has 146 valence electrons. The highest BCUT2D eigenvalue weighted by Gasteiger charge is 2.27. The molecule has 0 saturated carbocycles. The van der Waals surface area contributed by atoms with Crippen molar-refractivity contribution in [2.75, 3.05) is 6.26 Å². The number of aromatic nitrogens is 2. The van der Waals surface area contributed by atoms with E-state index < -0.39 is 22.2 Å². The molecule has 0 aliphatic carbocycles. The van der Waals surface area contributed by atoms with Gasteiger partial charge in [-0.3, -0.25) is 10.1 Å². The lowest BCUT2D eigenvalue weighted by atomic mass is 10.1. The van der Waals surface area contributed by atoms with Crippen molar-refractivity contribution in [1.82, 2.24) is 9.97 Å². The van der Waals surface area contributed by atoms with Gasteiger partial charge in [-0.1, -0.05) is 23.4 Å². The fourth-order valence-electron chi connectivity index (χ4n) is 2.00. The van der Waals surface area contributed by atoms with Crippen LogP contribution in [-0.4, -0.2) is 32.7 Å². The van der Waals surface area contributed by atoms with Crippen LogP contribution in [0.3, 0.4) is 0 Å². The number of halogens is 1. The van der Waals surface area contributed by atoms with Gasteiger partial charge in [-0.05, 0) is 45.2 Å². The Hall–Kier alpha value is -2.90. The largest absolute Gasteiger partial charge is 0.456 e. The van der Waals surface area contributed by atoms with Crippen molar-refractivity contribution in [3.8, 4) is 17.7 Å². The van der Waals surface area contributed by atoms with E-state index in [9.17, 15) is 20.2 Å². The number of ether oxygens (including phenoxy) is 2. The minimum absolute atomic E-state index is 0.0391. The van der Waals surface area contributed by atoms with Gasteiger partial charge in [0.1, 0.15) is 17.4 Å². The number of carbonyl (C=O) groups excluding carboxylic acids is 1. The summed E-state index contributed by atoms with van der Waals surface area (Å²) in [5, 5.41) is 20.3. The van der Waals surface area contributed by atoms with Crippen LogP contribution in [0, 0.1) is 21.4 Å². The number of esters is 1. The normalized spacial score (nSPS) is 10.9. The molecule has 0 N–H and O–H groups in total. The number of carbonyl (C=O) groups is 1. The summed E-state index contributed by atoms with van der Waals surface area (Å²) in [6, 6.07) is 5.88. The Bertz CT molecular complexity index is 985. The Kier molecular flexibility index (Phi) is 6.43. The molecule has 0 unspecified atom stereocenters. The molecule has 0 fully saturated rings. The minimum Gasteiger partial charge on any atom is -0.456 e. The van der Waals surface area contributed by atoms with Gasteiger partial charge >= 0.3 is 17.5 Å². The molecule has 0 aliphatic heterocycles. The molecule has 0 bridgehead atoms. The van der Waals surface area contributed by atoms with Gasteiger partial charge in [0, 0.05) is 0 Å². The van der Waals surface area contributed by atoms with Gasteiger partial charge in [-0.25, -0.2) is 9.78 Å². The lowest BCUT2D eigenvalue weighted by Gasteiger charge is -2.20. The number of hydrogen-bond donors (Lipinski definition) is 0. The lowest BCUT2D eigenvalue weighted by molar-refractivity contribution is -0.386. The van der Waals surface area contributed by atoms with Crippen LogP contribution in [0.15, 0.2) is 23.4 Å². The molecule has 2 aromatic rings. The van der Waals surface area contributed by atoms with Crippen LogP contribution in [0.1, 0.15) is 36.7 Å². The first kappa shape index (κ1) is 21.4. The molecule has 1 aromatic heterocycles. The maximum absolute atomic E-state index is 12.4. The first-order valence-corrected chi connectivity index (χ1v) is 9.37. The van der Waals surface area contributed by atoms with E-state index in [-0.39, 0.29) is 33.1 Å². The maximum atomic E-state index is 12.4. The van der Waals surface area contributed by atoms with E-state index in [1.54, 1.807) is 27.0 Å². The Balaban J connectivity index is 2.50. The van der Waals surface area contributed by atoms with Crippen LogP contribution in [0.4, 0.5) is 5.69 Å². The molecule has 0 spiro atoms. The molecule has 0 amide bonds. The van der Waals surface area contributed by atoms with Crippen molar-refractivity contribution in [3.05, 3.63) is 44.6 Å². The van der Waals surface area contributed by atoms with Crippen LogP contribution >= 0.6 is 23.4 Å². The monoisotopic (exact) mass is 422 g/mol. The molecule has 1 heterocycles. The molecule has 2 rings (SSSR count). The summed E-state index contributed by atoms with van der Waals surface area (Å²) in [6.45, 7) is 5.06. The van der Waals surface area contributed by atoms with Crippen molar-refractivity contribution in [1.29, 1.82) is 5.26 Å². The summed E-state index contributed by atoms with van der Waals surface area (Å²) >= 11 is 7.00. The molecule has 0 aliphatic rings. The van der Waals surface area contributed by atoms with Crippen molar-refractivity contribution >= 4 is 35.0 Å². The highest BCUT2D eigenvalue weighted by atomic mass is 35.5. The fraction of sp³-hybridized carbons (Fsp3) is 0.294. The maximum Gasteiger partial charge on any atom is 0.368 e. The molecule has 0 saturated heterocycles. The quantitative estimate of drug-likeness (QED) is 0.172. The van der Waals surface area contributed by atoms with Crippen LogP contribution in [0.25, 0.3) is 0 Å².